The van der Waals surface area contributed by atoms with Crippen LogP contribution in [0, 0.1) is 0 Å². The lowest BCUT2D eigenvalue weighted by atomic mass is 9.89. The fourth-order valence-corrected chi connectivity index (χ4v) is 3.93. The van der Waals surface area contributed by atoms with Gasteiger partial charge in [0, 0.05) is 49.5 Å². The van der Waals surface area contributed by atoms with Crippen LogP contribution < -0.4 is 10.6 Å². The summed E-state index contributed by atoms with van der Waals surface area (Å²) in [5.41, 5.74) is 3.42. The van der Waals surface area contributed by atoms with E-state index in [4.69, 9.17) is 4.98 Å². The summed E-state index contributed by atoms with van der Waals surface area (Å²) in [6.45, 7) is 4.36. The topological polar surface area (TPSA) is 109 Å². The number of aliphatic hydroxyl groups excluding tert-OH is 1. The van der Waals surface area contributed by atoms with Gasteiger partial charge in [0.05, 0.1) is 18.0 Å². The number of hydrogen-bond donors (Lipinski definition) is 3. The number of hydrogen-bond acceptors (Lipinski definition) is 6. The highest BCUT2D eigenvalue weighted by Crippen LogP contribution is 2.38. The second-order valence-electron chi connectivity index (χ2n) is 8.25. The highest BCUT2D eigenvalue weighted by atomic mass is 16.3. The maximum atomic E-state index is 12.3. The van der Waals surface area contributed by atoms with Gasteiger partial charge in [0.2, 0.25) is 0 Å². The van der Waals surface area contributed by atoms with Gasteiger partial charge in [0.15, 0.2) is 5.65 Å². The van der Waals surface area contributed by atoms with Gasteiger partial charge in [-0.25, -0.2) is 9.97 Å². The number of carbonyl (C=O) groups excluding carboxylic acids is 1. The molecule has 9 nitrogen and oxygen atoms in total. The van der Waals surface area contributed by atoms with Crippen molar-refractivity contribution in [2.75, 3.05) is 19.4 Å². The van der Waals surface area contributed by atoms with Crippen molar-refractivity contribution in [1.29, 1.82) is 0 Å². The number of unbranched alkanes of at least 4 members (excludes halogenated alkanes) is 1. The largest absolute Gasteiger partial charge is 0.393 e. The lowest BCUT2D eigenvalue weighted by Crippen LogP contribution is -2.30. The predicted octanol–water partition coefficient (Wildman–Crippen LogP) is 3.65. The van der Waals surface area contributed by atoms with Crippen LogP contribution >= 0.6 is 0 Å². The molecule has 0 unspecified atom stereocenters. The fourth-order valence-electron chi connectivity index (χ4n) is 3.93. The van der Waals surface area contributed by atoms with Crippen LogP contribution in [0.2, 0.25) is 0 Å². The highest BCUT2D eigenvalue weighted by Gasteiger charge is 2.30. The molecule has 0 aromatic carbocycles. The molecule has 0 radical (unpaired) electrons. The van der Waals surface area contributed by atoms with Crippen molar-refractivity contribution >= 4 is 28.4 Å². The van der Waals surface area contributed by atoms with Crippen LogP contribution in [0.3, 0.4) is 0 Å². The molecule has 1 amide bonds. The van der Waals surface area contributed by atoms with Gasteiger partial charge in [-0.1, -0.05) is 26.7 Å². The number of anilines is 1. The Hall–Kier alpha value is -3.46. The molecule has 1 fully saturated rings. The van der Waals surface area contributed by atoms with Crippen molar-refractivity contribution in [3.8, 4) is 11.3 Å². The molecule has 0 aliphatic heterocycles. The first-order valence-corrected chi connectivity index (χ1v) is 11.4. The molecular formula is C24H31N7O2. The summed E-state index contributed by atoms with van der Waals surface area (Å²) in [4.78, 5) is 21.6. The summed E-state index contributed by atoms with van der Waals surface area (Å²) >= 11 is 0. The van der Waals surface area contributed by atoms with Crippen molar-refractivity contribution < 1.29 is 9.90 Å². The highest BCUT2D eigenvalue weighted by molar-refractivity contribution is 6.00. The van der Waals surface area contributed by atoms with E-state index in [1.807, 2.05) is 24.4 Å². The Kier molecular flexibility index (Phi) is 6.60. The number of nitrogens with zero attached hydrogens (tertiary/aromatic N) is 5. The molecule has 4 heterocycles. The van der Waals surface area contributed by atoms with Crippen LogP contribution in [0.5, 0.6) is 0 Å². The number of aliphatic hydroxyl groups is 1. The number of aromatic nitrogens is 5. The first kappa shape index (κ1) is 22.7. The van der Waals surface area contributed by atoms with E-state index < -0.39 is 0 Å². The first-order chi connectivity index (χ1) is 16.0. The molecule has 1 aliphatic rings. The minimum absolute atomic E-state index is 0.222. The summed E-state index contributed by atoms with van der Waals surface area (Å²) in [6, 6.07) is 6.05. The minimum atomic E-state index is -0.253. The van der Waals surface area contributed by atoms with Crippen LogP contribution in [0.4, 0.5) is 5.82 Å². The van der Waals surface area contributed by atoms with E-state index in [-0.39, 0.29) is 18.1 Å². The molecule has 174 valence electrons. The molecule has 5 rings (SSSR count). The summed E-state index contributed by atoms with van der Waals surface area (Å²) in [6.07, 6.45) is 9.16. The molecule has 9 heteroatoms. The summed E-state index contributed by atoms with van der Waals surface area (Å²) in [5, 5.41) is 20.8. The second kappa shape index (κ2) is 9.58. The van der Waals surface area contributed by atoms with E-state index in [2.05, 4.69) is 39.1 Å². The normalized spacial score (nSPS) is 17.4. The Morgan fingerprint density at radius 1 is 1.21 bits per heavy atom. The molecule has 3 N–H and O–H groups in total. The zero-order chi connectivity index (χ0) is 23.5. The Balaban J connectivity index is 0.000000601. The van der Waals surface area contributed by atoms with E-state index in [1.165, 1.54) is 19.0 Å². The second-order valence-corrected chi connectivity index (χ2v) is 8.25. The number of fused-ring (bicyclic) bond motifs is 2. The van der Waals surface area contributed by atoms with Gasteiger partial charge in [0.25, 0.3) is 5.91 Å². The predicted molar refractivity (Wildman–Crippen MR) is 130 cm³/mol. The third-order valence-corrected chi connectivity index (χ3v) is 6.05. The minimum Gasteiger partial charge on any atom is -0.393 e. The molecule has 0 spiro atoms. The van der Waals surface area contributed by atoms with Crippen LogP contribution in [-0.2, 0) is 0 Å². The Bertz CT molecular complexity index is 1270. The van der Waals surface area contributed by atoms with Gasteiger partial charge in [-0.2, -0.15) is 9.61 Å². The Labute approximate surface area is 192 Å². The monoisotopic (exact) mass is 449 g/mol. The first-order valence-electron chi connectivity index (χ1n) is 11.4. The van der Waals surface area contributed by atoms with Gasteiger partial charge in [-0.05, 0) is 25.0 Å². The number of rotatable bonds is 5. The average Bonchev–Trinajstić information content (AvgIpc) is 3.43. The van der Waals surface area contributed by atoms with Gasteiger partial charge in [-0.3, -0.25) is 4.79 Å². The number of amides is 1. The lowest BCUT2D eigenvalue weighted by molar-refractivity contribution is 0.0501. The maximum absolute atomic E-state index is 12.3. The third kappa shape index (κ3) is 4.16. The number of nitrogens with one attached hydrogen (secondary N) is 2. The Morgan fingerprint density at radius 2 is 1.97 bits per heavy atom. The van der Waals surface area contributed by atoms with Crippen LogP contribution in [-0.4, -0.2) is 55.4 Å². The molecule has 0 atom stereocenters. The van der Waals surface area contributed by atoms with Gasteiger partial charge < -0.3 is 20.3 Å². The summed E-state index contributed by atoms with van der Waals surface area (Å²) in [5.74, 6) is 0.489. The van der Waals surface area contributed by atoms with E-state index in [0.29, 0.717) is 11.2 Å². The van der Waals surface area contributed by atoms with Crippen LogP contribution in [0.1, 0.15) is 55.9 Å². The van der Waals surface area contributed by atoms with E-state index in [9.17, 15) is 9.90 Å². The van der Waals surface area contributed by atoms with Crippen molar-refractivity contribution in [3.05, 3.63) is 42.4 Å². The third-order valence-electron chi connectivity index (χ3n) is 6.05. The summed E-state index contributed by atoms with van der Waals surface area (Å²) < 4.78 is 3.74. The van der Waals surface area contributed by atoms with Gasteiger partial charge in [-0.15, -0.1) is 0 Å². The van der Waals surface area contributed by atoms with Crippen LogP contribution in [0.25, 0.3) is 27.9 Å². The fraction of sp³-hybridized carbons (Fsp3) is 0.417. The summed E-state index contributed by atoms with van der Waals surface area (Å²) in [7, 11) is 3.39. The smallest absolute Gasteiger partial charge is 0.256 e. The van der Waals surface area contributed by atoms with Crippen molar-refractivity contribution in [3.63, 3.8) is 0 Å². The average molecular weight is 450 g/mol. The molecule has 0 saturated heterocycles. The van der Waals surface area contributed by atoms with Gasteiger partial charge >= 0.3 is 0 Å². The maximum Gasteiger partial charge on any atom is 0.256 e. The van der Waals surface area contributed by atoms with E-state index in [1.54, 1.807) is 24.8 Å². The molecule has 1 aliphatic carbocycles. The molecular weight excluding hydrogens is 418 g/mol. The molecule has 4 aromatic rings. The molecule has 33 heavy (non-hydrogen) atoms. The van der Waals surface area contributed by atoms with E-state index >= 15 is 0 Å². The Morgan fingerprint density at radius 3 is 2.61 bits per heavy atom. The lowest BCUT2D eigenvalue weighted by Gasteiger charge is -2.32. The van der Waals surface area contributed by atoms with Gasteiger partial charge in [0.1, 0.15) is 17.0 Å². The zero-order valence-corrected chi connectivity index (χ0v) is 19.5. The standard InChI is InChI=1S/C20H21N7O2.C4H10/c1-21-17-8-16(25-19-14(20(29)22-2)9-24-27(17)19)15-10-26(11-6-12(28)7-11)18-13(15)4-3-5-23-18;1-3-4-2/h3-5,8-12,21,28H,6-7H2,1-2H3,(H,22,29);3-4H2,1-2H3. The molecule has 0 bridgehead atoms. The number of carbonyl (C=O) groups is 1. The quantitative estimate of drug-likeness (QED) is 0.429. The van der Waals surface area contributed by atoms with Crippen molar-refractivity contribution in [1.82, 2.24) is 29.5 Å². The van der Waals surface area contributed by atoms with Crippen molar-refractivity contribution in [2.24, 2.45) is 0 Å². The van der Waals surface area contributed by atoms with Crippen LogP contribution in [0.15, 0.2) is 36.8 Å². The van der Waals surface area contributed by atoms with E-state index in [0.717, 1.165) is 41.0 Å². The zero-order valence-electron chi connectivity index (χ0n) is 19.5. The molecule has 1 saturated carbocycles. The molecule has 4 aromatic heterocycles. The number of pyridine rings is 1. The van der Waals surface area contributed by atoms with Crippen molar-refractivity contribution in [2.45, 2.75) is 51.7 Å². The SMILES string of the molecule is CCCC.CNC(=O)c1cnn2c(NC)cc(-c3cn(C4CC(O)C4)c4ncccc34)nc12.